The van der Waals surface area contributed by atoms with Crippen LogP contribution in [0.4, 0.5) is 11.4 Å². The molecule has 2 N–H and O–H groups in total. The Kier molecular flexibility index (Phi) is 7.24. The zero-order valence-corrected chi connectivity index (χ0v) is 20.3. The van der Waals surface area contributed by atoms with Crippen molar-refractivity contribution in [1.29, 1.82) is 0 Å². The van der Waals surface area contributed by atoms with E-state index >= 15 is 0 Å². The Morgan fingerprint density at radius 3 is 2.30 bits per heavy atom. The molecule has 1 amide bonds. The molecule has 4 rings (SSSR count). The van der Waals surface area contributed by atoms with E-state index in [1.54, 1.807) is 38.4 Å². The van der Waals surface area contributed by atoms with Crippen molar-refractivity contribution in [2.24, 2.45) is 0 Å². The van der Waals surface area contributed by atoms with Crippen LogP contribution in [0.1, 0.15) is 53.9 Å². The normalized spacial score (nSPS) is 17.6. The molecule has 7 nitrogen and oxygen atoms in total. The van der Waals surface area contributed by atoms with Gasteiger partial charge in [0.15, 0.2) is 0 Å². The molecule has 2 aromatic rings. The number of benzene rings is 2. The van der Waals surface area contributed by atoms with E-state index < -0.39 is 10.0 Å². The summed E-state index contributed by atoms with van der Waals surface area (Å²) in [5, 5.41) is 3.31. The van der Waals surface area contributed by atoms with Gasteiger partial charge in [0, 0.05) is 45.8 Å². The van der Waals surface area contributed by atoms with E-state index in [2.05, 4.69) is 14.9 Å². The minimum absolute atomic E-state index is 0.167. The topological polar surface area (TPSA) is 81.8 Å². The molecule has 0 unspecified atom stereocenters. The van der Waals surface area contributed by atoms with Crippen LogP contribution in [0.3, 0.4) is 0 Å². The summed E-state index contributed by atoms with van der Waals surface area (Å²) < 4.78 is 29.4. The number of hydrogen-bond acceptors (Lipinski definition) is 5. The summed E-state index contributed by atoms with van der Waals surface area (Å²) in [6.45, 7) is 3.19. The summed E-state index contributed by atoms with van der Waals surface area (Å²) in [5.74, 6) is 0.357. The molecule has 1 saturated carbocycles. The van der Waals surface area contributed by atoms with Crippen LogP contribution in [0.5, 0.6) is 0 Å². The highest BCUT2D eigenvalue weighted by molar-refractivity contribution is 7.92. The summed E-state index contributed by atoms with van der Waals surface area (Å²) in [5.41, 5.74) is 2.88. The SMILES string of the molecule is CN(C)C(=O)c1ccc(N2CCNCC2)c(NS(=O)(=O)c2ccc(C3CCCCC3)cc2)c1. The van der Waals surface area contributed by atoms with Gasteiger partial charge in [-0.2, -0.15) is 0 Å². The highest BCUT2D eigenvalue weighted by Crippen LogP contribution is 2.34. The van der Waals surface area contributed by atoms with Crippen LogP contribution in [-0.2, 0) is 10.0 Å². The average Bonchev–Trinajstić information content (AvgIpc) is 2.84. The second-order valence-electron chi connectivity index (χ2n) is 9.18. The predicted octanol–water partition coefficient (Wildman–Crippen LogP) is 3.65. The third-order valence-electron chi connectivity index (χ3n) is 6.62. The summed E-state index contributed by atoms with van der Waals surface area (Å²) in [7, 11) is -0.432. The van der Waals surface area contributed by atoms with E-state index in [9.17, 15) is 13.2 Å². The first kappa shape index (κ1) is 23.6. The number of piperazine rings is 1. The lowest BCUT2D eigenvalue weighted by Gasteiger charge is -2.31. The van der Waals surface area contributed by atoms with Gasteiger partial charge in [-0.15, -0.1) is 0 Å². The Morgan fingerprint density at radius 1 is 1.00 bits per heavy atom. The number of sulfonamides is 1. The van der Waals surface area contributed by atoms with Gasteiger partial charge in [0.1, 0.15) is 0 Å². The van der Waals surface area contributed by atoms with Crippen LogP contribution < -0.4 is 14.9 Å². The van der Waals surface area contributed by atoms with Crippen molar-refractivity contribution in [3.8, 4) is 0 Å². The molecular weight excluding hydrogens is 436 g/mol. The number of rotatable bonds is 6. The molecule has 1 saturated heterocycles. The molecule has 8 heteroatoms. The number of carbonyl (C=O) groups excluding carboxylic acids is 1. The molecular formula is C25H34N4O3S. The maximum Gasteiger partial charge on any atom is 0.261 e. The molecule has 178 valence electrons. The number of anilines is 2. The lowest BCUT2D eigenvalue weighted by atomic mass is 9.84. The fraction of sp³-hybridized carbons (Fsp3) is 0.480. The Morgan fingerprint density at radius 2 is 1.67 bits per heavy atom. The van der Waals surface area contributed by atoms with Crippen LogP contribution in [0.2, 0.25) is 0 Å². The van der Waals surface area contributed by atoms with Crippen molar-refractivity contribution in [2.45, 2.75) is 42.9 Å². The highest BCUT2D eigenvalue weighted by atomic mass is 32.2. The lowest BCUT2D eigenvalue weighted by Crippen LogP contribution is -2.43. The standard InChI is InChI=1S/C25H34N4O3S/c1-28(2)25(30)21-10-13-24(29-16-14-26-15-17-29)23(18-21)27-33(31,32)22-11-8-20(9-12-22)19-6-4-3-5-7-19/h8-13,18-19,26-27H,3-7,14-17H2,1-2H3. The number of amides is 1. The first-order valence-electron chi connectivity index (χ1n) is 11.8. The molecule has 2 fully saturated rings. The van der Waals surface area contributed by atoms with Gasteiger partial charge < -0.3 is 15.1 Å². The molecule has 0 bridgehead atoms. The van der Waals surface area contributed by atoms with E-state index in [-0.39, 0.29) is 10.8 Å². The Balaban J connectivity index is 1.62. The van der Waals surface area contributed by atoms with Crippen LogP contribution in [0.25, 0.3) is 0 Å². The van der Waals surface area contributed by atoms with Crippen molar-refractivity contribution in [3.63, 3.8) is 0 Å². The maximum absolute atomic E-state index is 13.3. The Hall–Kier alpha value is -2.58. The van der Waals surface area contributed by atoms with Crippen LogP contribution >= 0.6 is 0 Å². The van der Waals surface area contributed by atoms with E-state index in [0.29, 0.717) is 17.2 Å². The monoisotopic (exact) mass is 470 g/mol. The Bertz CT molecular complexity index is 1070. The van der Waals surface area contributed by atoms with Gasteiger partial charge in [-0.1, -0.05) is 31.4 Å². The minimum atomic E-state index is -3.80. The average molecular weight is 471 g/mol. The zero-order chi connectivity index (χ0) is 23.4. The molecule has 2 aliphatic rings. The minimum Gasteiger partial charge on any atom is -0.367 e. The van der Waals surface area contributed by atoms with Gasteiger partial charge in [0.25, 0.3) is 15.9 Å². The van der Waals surface area contributed by atoms with Crippen LogP contribution in [0.15, 0.2) is 47.4 Å². The van der Waals surface area contributed by atoms with Gasteiger partial charge in [0.2, 0.25) is 0 Å². The molecule has 0 aromatic heterocycles. The second-order valence-corrected chi connectivity index (χ2v) is 10.9. The van der Waals surface area contributed by atoms with E-state index in [1.165, 1.54) is 42.6 Å². The number of nitrogens with one attached hydrogen (secondary N) is 2. The molecule has 1 aliphatic heterocycles. The number of hydrogen-bond donors (Lipinski definition) is 2. The van der Waals surface area contributed by atoms with Crippen molar-refractivity contribution >= 4 is 27.3 Å². The molecule has 2 aromatic carbocycles. The molecule has 0 spiro atoms. The predicted molar refractivity (Wildman–Crippen MR) is 133 cm³/mol. The smallest absolute Gasteiger partial charge is 0.261 e. The maximum atomic E-state index is 13.3. The summed E-state index contributed by atoms with van der Waals surface area (Å²) in [4.78, 5) is 16.4. The number of carbonyl (C=O) groups is 1. The highest BCUT2D eigenvalue weighted by Gasteiger charge is 2.23. The summed E-state index contributed by atoms with van der Waals surface area (Å²) >= 11 is 0. The molecule has 0 atom stereocenters. The van der Waals surface area contributed by atoms with Gasteiger partial charge in [-0.3, -0.25) is 9.52 Å². The molecule has 33 heavy (non-hydrogen) atoms. The largest absolute Gasteiger partial charge is 0.367 e. The molecule has 1 aliphatic carbocycles. The molecule has 1 heterocycles. The van der Waals surface area contributed by atoms with E-state index in [0.717, 1.165) is 31.9 Å². The third kappa shape index (κ3) is 5.50. The van der Waals surface area contributed by atoms with Crippen molar-refractivity contribution in [2.75, 3.05) is 49.9 Å². The van der Waals surface area contributed by atoms with Crippen molar-refractivity contribution < 1.29 is 13.2 Å². The fourth-order valence-electron chi connectivity index (χ4n) is 4.75. The van der Waals surface area contributed by atoms with E-state index in [1.807, 2.05) is 18.2 Å². The Labute approximate surface area is 197 Å². The number of nitrogens with zero attached hydrogens (tertiary/aromatic N) is 2. The zero-order valence-electron chi connectivity index (χ0n) is 19.5. The second kappa shape index (κ2) is 10.1. The van der Waals surface area contributed by atoms with Crippen LogP contribution in [0, 0.1) is 0 Å². The third-order valence-corrected chi connectivity index (χ3v) is 8.00. The van der Waals surface area contributed by atoms with Crippen LogP contribution in [-0.4, -0.2) is 59.5 Å². The van der Waals surface area contributed by atoms with Crippen molar-refractivity contribution in [1.82, 2.24) is 10.2 Å². The van der Waals surface area contributed by atoms with Gasteiger partial charge in [-0.25, -0.2) is 8.42 Å². The first-order valence-corrected chi connectivity index (χ1v) is 13.3. The molecule has 0 radical (unpaired) electrons. The van der Waals surface area contributed by atoms with Gasteiger partial charge in [0.05, 0.1) is 16.3 Å². The van der Waals surface area contributed by atoms with E-state index in [4.69, 9.17) is 0 Å². The van der Waals surface area contributed by atoms with Gasteiger partial charge >= 0.3 is 0 Å². The quantitative estimate of drug-likeness (QED) is 0.674. The fourth-order valence-corrected chi connectivity index (χ4v) is 5.81. The summed E-state index contributed by atoms with van der Waals surface area (Å²) in [6, 6.07) is 12.6. The first-order chi connectivity index (χ1) is 15.8. The summed E-state index contributed by atoms with van der Waals surface area (Å²) in [6.07, 6.45) is 6.11. The van der Waals surface area contributed by atoms with Crippen molar-refractivity contribution in [3.05, 3.63) is 53.6 Å². The van der Waals surface area contributed by atoms with Gasteiger partial charge in [-0.05, 0) is 54.7 Å². The lowest BCUT2D eigenvalue weighted by molar-refractivity contribution is 0.0827.